The monoisotopic (exact) mass is 575 g/mol. The van der Waals surface area contributed by atoms with E-state index in [1.807, 2.05) is 44.2 Å². The van der Waals surface area contributed by atoms with Crippen LogP contribution in [0.5, 0.6) is 0 Å². The van der Waals surface area contributed by atoms with Crippen molar-refractivity contribution >= 4 is 50.7 Å². The molecule has 0 radical (unpaired) electrons. The number of carbonyl (C=O) groups is 2. The predicted octanol–water partition coefficient (Wildman–Crippen LogP) is 5.52. The Bertz CT molecular complexity index is 1330. The quantitative estimate of drug-likeness (QED) is 0.326. The Morgan fingerprint density at radius 1 is 0.895 bits per heavy atom. The Balaban J connectivity index is 2.03. The van der Waals surface area contributed by atoms with Gasteiger partial charge in [0.25, 0.3) is 10.0 Å². The average Bonchev–Trinajstić information content (AvgIpc) is 2.90. The highest BCUT2D eigenvalue weighted by Crippen LogP contribution is 2.30. The van der Waals surface area contributed by atoms with Crippen molar-refractivity contribution in [3.8, 4) is 0 Å². The molecule has 0 fully saturated rings. The summed E-state index contributed by atoms with van der Waals surface area (Å²) in [6, 6.07) is 20.4. The maximum atomic E-state index is 13.9. The minimum absolute atomic E-state index is 0.000990. The van der Waals surface area contributed by atoms with Crippen molar-refractivity contribution in [2.45, 2.75) is 50.7 Å². The van der Waals surface area contributed by atoms with E-state index in [9.17, 15) is 18.0 Å². The number of hydrogen-bond donors (Lipinski definition) is 1. The first-order valence-corrected chi connectivity index (χ1v) is 14.4. The summed E-state index contributed by atoms with van der Waals surface area (Å²) < 4.78 is 28.5. The molecule has 1 N–H and O–H groups in total. The van der Waals surface area contributed by atoms with Crippen LogP contribution in [0.2, 0.25) is 10.0 Å². The molecule has 38 heavy (non-hydrogen) atoms. The molecule has 0 aliphatic carbocycles. The highest BCUT2D eigenvalue weighted by atomic mass is 35.5. The zero-order chi connectivity index (χ0) is 27.9. The molecule has 0 heterocycles. The molecule has 0 aromatic heterocycles. The van der Waals surface area contributed by atoms with Crippen molar-refractivity contribution in [3.63, 3.8) is 0 Å². The Kier molecular flexibility index (Phi) is 10.2. The zero-order valence-corrected chi connectivity index (χ0v) is 23.8. The van der Waals surface area contributed by atoms with E-state index in [1.165, 1.54) is 35.2 Å². The third kappa shape index (κ3) is 7.49. The van der Waals surface area contributed by atoms with E-state index in [0.717, 1.165) is 16.3 Å². The third-order valence-electron chi connectivity index (χ3n) is 6.11. The van der Waals surface area contributed by atoms with E-state index in [2.05, 4.69) is 5.32 Å². The fraction of sp³-hybridized carbons (Fsp3) is 0.286. The molecule has 0 spiro atoms. The van der Waals surface area contributed by atoms with Gasteiger partial charge >= 0.3 is 0 Å². The van der Waals surface area contributed by atoms with Gasteiger partial charge in [0.05, 0.1) is 10.6 Å². The first-order chi connectivity index (χ1) is 18.0. The lowest BCUT2D eigenvalue weighted by Gasteiger charge is -2.32. The van der Waals surface area contributed by atoms with E-state index in [1.54, 1.807) is 25.1 Å². The van der Waals surface area contributed by atoms with Crippen molar-refractivity contribution in [2.24, 2.45) is 0 Å². The van der Waals surface area contributed by atoms with Crippen molar-refractivity contribution in [2.75, 3.05) is 10.8 Å². The highest BCUT2D eigenvalue weighted by Gasteiger charge is 2.33. The van der Waals surface area contributed by atoms with Gasteiger partial charge in [0, 0.05) is 22.6 Å². The fourth-order valence-corrected chi connectivity index (χ4v) is 5.69. The van der Waals surface area contributed by atoms with E-state index in [4.69, 9.17) is 23.2 Å². The fourth-order valence-electron chi connectivity index (χ4n) is 3.76. The zero-order valence-electron chi connectivity index (χ0n) is 21.5. The number of sulfonamides is 1. The first-order valence-electron chi connectivity index (χ1n) is 12.2. The Labute approximate surface area is 234 Å². The molecule has 202 valence electrons. The number of rotatable bonds is 11. The number of benzene rings is 3. The van der Waals surface area contributed by atoms with Crippen LogP contribution in [0.25, 0.3) is 0 Å². The Morgan fingerprint density at radius 3 is 2.00 bits per heavy atom. The second kappa shape index (κ2) is 13.1. The molecule has 10 heteroatoms. The first kappa shape index (κ1) is 29.5. The number of amides is 2. The molecule has 7 nitrogen and oxygen atoms in total. The van der Waals surface area contributed by atoms with Crippen LogP contribution in [0.3, 0.4) is 0 Å². The van der Waals surface area contributed by atoms with Crippen LogP contribution in [-0.4, -0.2) is 43.8 Å². The molecule has 2 amide bonds. The van der Waals surface area contributed by atoms with Crippen LogP contribution in [0.1, 0.15) is 32.8 Å². The molecule has 0 saturated heterocycles. The maximum Gasteiger partial charge on any atom is 0.264 e. The minimum atomic E-state index is -4.19. The summed E-state index contributed by atoms with van der Waals surface area (Å²) in [4.78, 5) is 28.3. The van der Waals surface area contributed by atoms with Gasteiger partial charge in [-0.3, -0.25) is 13.9 Å². The van der Waals surface area contributed by atoms with Crippen molar-refractivity contribution < 1.29 is 18.0 Å². The molecular weight excluding hydrogens is 545 g/mol. The molecular formula is C28H31Cl2N3O4S. The topological polar surface area (TPSA) is 86.8 Å². The second-order valence-electron chi connectivity index (χ2n) is 8.95. The van der Waals surface area contributed by atoms with E-state index in [-0.39, 0.29) is 39.1 Å². The van der Waals surface area contributed by atoms with Gasteiger partial charge < -0.3 is 10.2 Å². The van der Waals surface area contributed by atoms with Crippen LogP contribution in [0.4, 0.5) is 5.69 Å². The van der Waals surface area contributed by atoms with Gasteiger partial charge in [-0.1, -0.05) is 78.7 Å². The summed E-state index contributed by atoms with van der Waals surface area (Å²) in [5.41, 5.74) is 0.934. The summed E-state index contributed by atoms with van der Waals surface area (Å²) in [5, 5.41) is 3.34. The molecule has 0 bridgehead atoms. The SMILES string of the molecule is CC[C@H](C)NC(=O)[C@H](C)N(Cc1ccccc1)C(=O)CN(c1cc(Cl)cc(Cl)c1)S(=O)(=O)c1ccccc1. The highest BCUT2D eigenvalue weighted by molar-refractivity contribution is 7.92. The standard InChI is InChI=1S/C28H31Cl2N3O4S/c1-4-20(2)31-28(35)21(3)32(18-22-11-7-5-8-12-22)27(34)19-33(25-16-23(29)15-24(30)17-25)38(36,37)26-13-9-6-10-14-26/h5-17,20-21H,4,18-19H2,1-3H3,(H,31,35)/t20-,21-/m0/s1. The summed E-state index contributed by atoms with van der Waals surface area (Å²) in [7, 11) is -4.19. The van der Waals surface area contributed by atoms with Crippen LogP contribution >= 0.6 is 23.2 Å². The number of nitrogens with zero attached hydrogens (tertiary/aromatic N) is 2. The molecule has 0 aliphatic heterocycles. The van der Waals surface area contributed by atoms with Crippen LogP contribution < -0.4 is 9.62 Å². The molecule has 0 saturated carbocycles. The van der Waals surface area contributed by atoms with Crippen molar-refractivity contribution in [1.29, 1.82) is 0 Å². The van der Waals surface area contributed by atoms with Crippen molar-refractivity contribution in [1.82, 2.24) is 10.2 Å². The third-order valence-corrected chi connectivity index (χ3v) is 8.33. The Hall–Kier alpha value is -3.07. The minimum Gasteiger partial charge on any atom is -0.352 e. The second-order valence-corrected chi connectivity index (χ2v) is 11.7. The van der Waals surface area contributed by atoms with Crippen LogP contribution in [0, 0.1) is 0 Å². The molecule has 0 unspecified atom stereocenters. The lowest BCUT2D eigenvalue weighted by atomic mass is 10.1. The van der Waals surface area contributed by atoms with Crippen LogP contribution in [-0.2, 0) is 26.2 Å². The lowest BCUT2D eigenvalue weighted by molar-refractivity contribution is -0.139. The molecule has 3 aromatic rings. The molecule has 0 aliphatic rings. The number of halogens is 2. The number of nitrogens with one attached hydrogen (secondary N) is 1. The van der Waals surface area contributed by atoms with Crippen LogP contribution in [0.15, 0.2) is 83.8 Å². The molecule has 3 aromatic carbocycles. The smallest absolute Gasteiger partial charge is 0.264 e. The summed E-state index contributed by atoms with van der Waals surface area (Å²) >= 11 is 12.4. The lowest BCUT2D eigenvalue weighted by Crippen LogP contribution is -2.52. The average molecular weight is 577 g/mol. The van der Waals surface area contributed by atoms with E-state index in [0.29, 0.717) is 0 Å². The van der Waals surface area contributed by atoms with Gasteiger partial charge in [0.15, 0.2) is 0 Å². The summed E-state index contributed by atoms with van der Waals surface area (Å²) in [5.74, 6) is -0.886. The molecule has 2 atom stereocenters. The van der Waals surface area contributed by atoms with Gasteiger partial charge in [-0.2, -0.15) is 0 Å². The summed E-state index contributed by atoms with van der Waals surface area (Å²) in [6.07, 6.45) is 0.726. The number of carbonyl (C=O) groups excluding carboxylic acids is 2. The largest absolute Gasteiger partial charge is 0.352 e. The van der Waals surface area contributed by atoms with E-state index < -0.39 is 28.5 Å². The normalized spacial score (nSPS) is 12.9. The number of hydrogen-bond acceptors (Lipinski definition) is 4. The van der Waals surface area contributed by atoms with Gasteiger partial charge in [-0.15, -0.1) is 0 Å². The summed E-state index contributed by atoms with van der Waals surface area (Å²) in [6.45, 7) is 5.01. The van der Waals surface area contributed by atoms with Gasteiger partial charge in [0.1, 0.15) is 12.6 Å². The number of anilines is 1. The van der Waals surface area contributed by atoms with E-state index >= 15 is 0 Å². The molecule has 3 rings (SSSR count). The van der Waals surface area contributed by atoms with Gasteiger partial charge in [-0.25, -0.2) is 8.42 Å². The Morgan fingerprint density at radius 2 is 1.45 bits per heavy atom. The van der Waals surface area contributed by atoms with Crippen molar-refractivity contribution in [3.05, 3.63) is 94.5 Å². The predicted molar refractivity (Wildman–Crippen MR) is 152 cm³/mol. The van der Waals surface area contributed by atoms with Gasteiger partial charge in [0.2, 0.25) is 11.8 Å². The van der Waals surface area contributed by atoms with Gasteiger partial charge in [-0.05, 0) is 56.2 Å². The maximum absolute atomic E-state index is 13.9.